The van der Waals surface area contributed by atoms with E-state index in [4.69, 9.17) is 31.9 Å². The lowest BCUT2D eigenvalue weighted by Gasteiger charge is -1.89. The van der Waals surface area contributed by atoms with Gasteiger partial charge in [0.2, 0.25) is 0 Å². The number of carbonyl (C=O) groups is 1. The number of nitrogens with zero attached hydrogens (tertiary/aromatic N) is 2. The minimum absolute atomic E-state index is 0.0299. The number of hydrogen-bond donors (Lipinski definition) is 4. The van der Waals surface area contributed by atoms with Crippen molar-refractivity contribution in [2.24, 2.45) is 16.5 Å². The van der Waals surface area contributed by atoms with Gasteiger partial charge in [-0.05, 0) is 0 Å². The van der Waals surface area contributed by atoms with Crippen molar-refractivity contribution < 1.29 is 20.2 Å². The van der Waals surface area contributed by atoms with Crippen LogP contribution < -0.4 is 11.5 Å². The summed E-state index contributed by atoms with van der Waals surface area (Å²) in [5.74, 6) is -0.976. The van der Waals surface area contributed by atoms with Gasteiger partial charge in [0.1, 0.15) is 0 Å². The lowest BCUT2D eigenvalue weighted by molar-refractivity contribution is -0.742. The number of carboxylic acid groups (broad SMARTS) is 1. The zero-order chi connectivity index (χ0) is 10.9. The first-order chi connectivity index (χ1) is 5.86. The van der Waals surface area contributed by atoms with Crippen molar-refractivity contribution in [1.82, 2.24) is 0 Å². The van der Waals surface area contributed by atoms with E-state index in [0.717, 1.165) is 0 Å². The second-order valence-corrected chi connectivity index (χ2v) is 1.69. The lowest BCUT2D eigenvalue weighted by atomic mass is 10.4. The monoisotopic (exact) mass is 194 g/mol. The Morgan fingerprint density at radius 3 is 2.15 bits per heavy atom. The summed E-state index contributed by atoms with van der Waals surface area (Å²) in [5.41, 5.74) is 9.83. The van der Waals surface area contributed by atoms with Crippen LogP contribution >= 0.6 is 0 Å². The first-order valence-corrected chi connectivity index (χ1v) is 2.96. The van der Waals surface area contributed by atoms with E-state index in [9.17, 15) is 4.79 Å². The molecule has 0 aliphatic carbocycles. The van der Waals surface area contributed by atoms with E-state index in [0.29, 0.717) is 0 Å². The molecule has 0 bridgehead atoms. The third-order valence-corrected chi connectivity index (χ3v) is 0.620. The summed E-state index contributed by atoms with van der Waals surface area (Å²) in [4.78, 5) is 21.6. The largest absolute Gasteiger partial charge is 0.481 e. The number of carboxylic acids is 1. The summed E-state index contributed by atoms with van der Waals surface area (Å²) >= 11 is 0. The molecule has 0 rings (SSSR count). The zero-order valence-corrected chi connectivity index (χ0v) is 6.58. The number of aliphatic carboxylic acids is 1. The van der Waals surface area contributed by atoms with Crippen molar-refractivity contribution in [3.63, 3.8) is 0 Å². The van der Waals surface area contributed by atoms with Gasteiger partial charge in [-0.25, -0.2) is 0 Å². The average Bonchev–Trinajstić information content (AvgIpc) is 1.83. The minimum atomic E-state index is -1.50. The third kappa shape index (κ3) is 40.4. The van der Waals surface area contributed by atoms with E-state index >= 15 is 0 Å². The molecule has 0 radical (unpaired) electrons. The molecule has 6 N–H and O–H groups in total. The maximum absolute atomic E-state index is 9.83. The molecule has 9 nitrogen and oxygen atoms in total. The van der Waals surface area contributed by atoms with Crippen LogP contribution in [0.2, 0.25) is 0 Å². The van der Waals surface area contributed by atoms with Gasteiger partial charge in [-0.15, -0.1) is 10.1 Å². The Labute approximate surface area is 72.8 Å². The van der Waals surface area contributed by atoms with Crippen LogP contribution in [-0.4, -0.2) is 33.9 Å². The standard InChI is InChI=1S/C4H9N3O2.HNO3/c5-4(6)7-2-1-3(8)9;2-1(3)4/h1-2H2,(H,8,9)(H4,5,6,7);(H,2,3,4). The summed E-state index contributed by atoms with van der Waals surface area (Å²) in [6.07, 6.45) is -0.0299. The summed E-state index contributed by atoms with van der Waals surface area (Å²) in [6.45, 7) is 0.150. The second-order valence-electron chi connectivity index (χ2n) is 1.69. The fourth-order valence-electron chi connectivity index (χ4n) is 0.281. The highest BCUT2D eigenvalue weighted by Gasteiger charge is 1.92. The van der Waals surface area contributed by atoms with Gasteiger partial charge in [0.15, 0.2) is 5.96 Å². The first kappa shape index (κ1) is 13.5. The van der Waals surface area contributed by atoms with E-state index in [-0.39, 0.29) is 18.9 Å². The topological polar surface area (TPSA) is 165 Å². The van der Waals surface area contributed by atoms with Crippen LogP contribution in [0.25, 0.3) is 0 Å². The number of nitrogens with two attached hydrogens (primary N) is 2. The van der Waals surface area contributed by atoms with Crippen LogP contribution in [0.1, 0.15) is 6.42 Å². The summed E-state index contributed by atoms with van der Waals surface area (Å²) in [5, 5.41) is 21.7. The van der Waals surface area contributed by atoms with Gasteiger partial charge < -0.3 is 21.8 Å². The fraction of sp³-hybridized carbons (Fsp3) is 0.500. The molecule has 76 valence electrons. The molecule has 9 heteroatoms. The third-order valence-electron chi connectivity index (χ3n) is 0.620. The quantitative estimate of drug-likeness (QED) is 0.181. The molecular formula is C4H10N4O5. The predicted octanol–water partition coefficient (Wildman–Crippen LogP) is -1.61. The Morgan fingerprint density at radius 1 is 1.54 bits per heavy atom. The van der Waals surface area contributed by atoms with Gasteiger partial charge in [0.25, 0.3) is 5.09 Å². The van der Waals surface area contributed by atoms with Crippen LogP contribution in [-0.2, 0) is 4.79 Å². The molecule has 0 saturated heterocycles. The van der Waals surface area contributed by atoms with Crippen LogP contribution in [0, 0.1) is 10.1 Å². The first-order valence-electron chi connectivity index (χ1n) is 2.96. The number of aliphatic imine (C=N–C) groups is 1. The highest BCUT2D eigenvalue weighted by molar-refractivity contribution is 5.76. The SMILES string of the molecule is NC(N)=NCCC(=O)O.O=[N+]([O-])O. The van der Waals surface area contributed by atoms with Gasteiger partial charge in [-0.2, -0.15) is 0 Å². The molecule has 0 unspecified atom stereocenters. The van der Waals surface area contributed by atoms with Crippen molar-refractivity contribution in [2.45, 2.75) is 6.42 Å². The summed E-state index contributed by atoms with van der Waals surface area (Å²) in [7, 11) is 0. The molecule has 0 amide bonds. The molecule has 0 heterocycles. The highest BCUT2D eigenvalue weighted by Crippen LogP contribution is 1.78. The Hall–Kier alpha value is -2.06. The average molecular weight is 194 g/mol. The van der Waals surface area contributed by atoms with E-state index in [1.165, 1.54) is 0 Å². The minimum Gasteiger partial charge on any atom is -0.481 e. The lowest BCUT2D eigenvalue weighted by Crippen LogP contribution is -2.23. The van der Waals surface area contributed by atoms with Crippen molar-refractivity contribution in [1.29, 1.82) is 0 Å². The highest BCUT2D eigenvalue weighted by atomic mass is 16.9. The maximum atomic E-state index is 9.83. The van der Waals surface area contributed by atoms with E-state index in [1.54, 1.807) is 0 Å². The molecule has 0 aromatic carbocycles. The van der Waals surface area contributed by atoms with E-state index in [1.807, 2.05) is 0 Å². The number of rotatable bonds is 3. The van der Waals surface area contributed by atoms with E-state index < -0.39 is 11.1 Å². The van der Waals surface area contributed by atoms with E-state index in [2.05, 4.69) is 4.99 Å². The molecule has 0 atom stereocenters. The van der Waals surface area contributed by atoms with Crippen molar-refractivity contribution in [3.05, 3.63) is 10.1 Å². The molecule has 0 spiro atoms. The summed E-state index contributed by atoms with van der Waals surface area (Å²) < 4.78 is 0. The molecule has 0 aliphatic heterocycles. The van der Waals surface area contributed by atoms with Gasteiger partial charge >= 0.3 is 5.97 Å². The smallest absolute Gasteiger partial charge is 0.305 e. The Balaban J connectivity index is 0. The zero-order valence-electron chi connectivity index (χ0n) is 6.58. The number of guanidine groups is 1. The van der Waals surface area contributed by atoms with Crippen LogP contribution in [0.4, 0.5) is 0 Å². The Morgan fingerprint density at radius 2 is 1.92 bits per heavy atom. The summed E-state index contributed by atoms with van der Waals surface area (Å²) in [6, 6.07) is 0. The molecule has 0 fully saturated rings. The van der Waals surface area contributed by atoms with Crippen LogP contribution in [0.5, 0.6) is 0 Å². The molecular weight excluding hydrogens is 184 g/mol. The van der Waals surface area contributed by atoms with Crippen LogP contribution in [0.15, 0.2) is 4.99 Å². The van der Waals surface area contributed by atoms with Crippen LogP contribution in [0.3, 0.4) is 0 Å². The Bertz CT molecular complexity index is 195. The fourth-order valence-corrected chi connectivity index (χ4v) is 0.281. The predicted molar refractivity (Wildman–Crippen MR) is 41.7 cm³/mol. The van der Waals surface area contributed by atoms with Crippen molar-refractivity contribution in [3.8, 4) is 0 Å². The van der Waals surface area contributed by atoms with Gasteiger partial charge in [0.05, 0.1) is 13.0 Å². The van der Waals surface area contributed by atoms with Gasteiger partial charge in [-0.3, -0.25) is 9.79 Å². The van der Waals surface area contributed by atoms with Crippen molar-refractivity contribution >= 4 is 11.9 Å². The van der Waals surface area contributed by atoms with Gasteiger partial charge in [0, 0.05) is 0 Å². The molecule has 0 aliphatic rings. The number of hydrogen-bond acceptors (Lipinski definition) is 4. The molecule has 0 aromatic rings. The molecule has 0 saturated carbocycles. The normalized spacial score (nSPS) is 7.69. The second kappa shape index (κ2) is 8.04. The van der Waals surface area contributed by atoms with Gasteiger partial charge in [-0.1, -0.05) is 0 Å². The maximum Gasteiger partial charge on any atom is 0.305 e. The Kier molecular flexibility index (Phi) is 8.36. The molecule has 13 heavy (non-hydrogen) atoms. The molecule has 0 aromatic heterocycles. The van der Waals surface area contributed by atoms with Crippen molar-refractivity contribution in [2.75, 3.05) is 6.54 Å².